The number of hydrogen-bond acceptors (Lipinski definition) is 6. The number of benzene rings is 1. The zero-order valence-corrected chi connectivity index (χ0v) is 9.47. The number of nitro benzene ring substituents is 1. The molecule has 0 saturated carbocycles. The van der Waals surface area contributed by atoms with Crippen LogP contribution in [0.15, 0.2) is 23.0 Å². The molecule has 0 bridgehead atoms. The minimum Gasteiger partial charge on any atom is -0.380 e. The molecule has 1 aromatic heterocycles. The first-order chi connectivity index (χ1) is 9.08. The molecule has 0 fully saturated rings. The Morgan fingerprint density at radius 3 is 2.58 bits per heavy atom. The minimum absolute atomic E-state index is 0.147. The quantitative estimate of drug-likeness (QED) is 0.658. The number of non-ortho nitro benzene ring substituents is 1. The molecule has 0 aliphatic heterocycles. The summed E-state index contributed by atoms with van der Waals surface area (Å²) in [6.07, 6.45) is 1.48. The molecule has 100 valence electrons. The van der Waals surface area contributed by atoms with Gasteiger partial charge in [-0.25, -0.2) is 8.78 Å². The zero-order valence-electron chi connectivity index (χ0n) is 9.47. The number of rotatable bonds is 5. The fourth-order valence-corrected chi connectivity index (χ4v) is 1.43. The van der Waals surface area contributed by atoms with Gasteiger partial charge in [0.25, 0.3) is 5.69 Å². The van der Waals surface area contributed by atoms with Gasteiger partial charge in [-0.3, -0.25) is 10.1 Å². The Morgan fingerprint density at radius 1 is 1.37 bits per heavy atom. The lowest BCUT2D eigenvalue weighted by Gasteiger charge is -2.07. The van der Waals surface area contributed by atoms with Gasteiger partial charge in [-0.15, -0.1) is 0 Å². The van der Waals surface area contributed by atoms with Crippen LogP contribution in [0.25, 0.3) is 0 Å². The van der Waals surface area contributed by atoms with Crippen LogP contribution >= 0.6 is 0 Å². The molecule has 2 aromatic rings. The van der Waals surface area contributed by atoms with Crippen molar-refractivity contribution in [2.75, 3.05) is 11.9 Å². The van der Waals surface area contributed by atoms with E-state index >= 15 is 0 Å². The molecule has 7 nitrogen and oxygen atoms in total. The van der Waals surface area contributed by atoms with Crippen molar-refractivity contribution < 1.29 is 18.2 Å². The van der Waals surface area contributed by atoms with Crippen molar-refractivity contribution >= 4 is 11.4 Å². The maximum atomic E-state index is 13.5. The van der Waals surface area contributed by atoms with Crippen LogP contribution in [-0.4, -0.2) is 21.6 Å². The Hall–Kier alpha value is -2.58. The van der Waals surface area contributed by atoms with Crippen LogP contribution in [0, 0.1) is 21.7 Å². The molecule has 1 aromatic carbocycles. The molecule has 0 spiro atoms. The molecule has 2 rings (SSSR count). The van der Waals surface area contributed by atoms with Gasteiger partial charge in [0.2, 0.25) is 5.89 Å². The van der Waals surface area contributed by atoms with Crippen molar-refractivity contribution in [3.8, 4) is 0 Å². The standard InChI is InChI=1S/C10H8F2N4O3/c11-7-3-6(16(17)18)4-8(12)10(7)13-2-1-9-14-5-15-19-9/h3-5,13H,1-2H2. The second kappa shape index (κ2) is 5.38. The SMILES string of the molecule is O=[N+]([O-])c1cc(F)c(NCCc2ncno2)c(F)c1. The molecular weight excluding hydrogens is 262 g/mol. The van der Waals surface area contributed by atoms with Crippen LogP contribution in [0.5, 0.6) is 0 Å². The highest BCUT2D eigenvalue weighted by Gasteiger charge is 2.16. The average molecular weight is 270 g/mol. The summed E-state index contributed by atoms with van der Waals surface area (Å²) in [4.78, 5) is 13.3. The van der Waals surface area contributed by atoms with Gasteiger partial charge in [-0.1, -0.05) is 5.16 Å². The highest BCUT2D eigenvalue weighted by atomic mass is 19.1. The van der Waals surface area contributed by atoms with Gasteiger partial charge in [0.1, 0.15) is 5.69 Å². The van der Waals surface area contributed by atoms with E-state index in [4.69, 9.17) is 4.52 Å². The Morgan fingerprint density at radius 2 is 2.05 bits per heavy atom. The summed E-state index contributed by atoms with van der Waals surface area (Å²) in [5.41, 5.74) is -1.07. The van der Waals surface area contributed by atoms with Gasteiger partial charge < -0.3 is 9.84 Å². The van der Waals surface area contributed by atoms with E-state index in [2.05, 4.69) is 15.5 Å². The summed E-state index contributed by atoms with van der Waals surface area (Å²) in [5.74, 6) is -1.75. The van der Waals surface area contributed by atoms with Crippen LogP contribution in [0.2, 0.25) is 0 Å². The van der Waals surface area contributed by atoms with Crippen molar-refractivity contribution in [2.45, 2.75) is 6.42 Å². The van der Waals surface area contributed by atoms with Crippen LogP contribution in [0.4, 0.5) is 20.2 Å². The summed E-state index contributed by atoms with van der Waals surface area (Å²) in [7, 11) is 0. The molecule has 0 unspecified atom stereocenters. The third kappa shape index (κ3) is 3.00. The number of anilines is 1. The monoisotopic (exact) mass is 270 g/mol. The summed E-state index contributed by atoms with van der Waals surface area (Å²) < 4.78 is 31.7. The lowest BCUT2D eigenvalue weighted by Crippen LogP contribution is -2.09. The van der Waals surface area contributed by atoms with Gasteiger partial charge in [0.15, 0.2) is 18.0 Å². The first-order valence-electron chi connectivity index (χ1n) is 5.21. The second-order valence-electron chi connectivity index (χ2n) is 3.55. The number of hydrogen-bond donors (Lipinski definition) is 1. The maximum absolute atomic E-state index is 13.5. The number of nitro groups is 1. The van der Waals surface area contributed by atoms with Crippen molar-refractivity contribution in [1.82, 2.24) is 10.1 Å². The summed E-state index contributed by atoms with van der Waals surface area (Å²) >= 11 is 0. The van der Waals surface area contributed by atoms with Crippen molar-refractivity contribution in [2.24, 2.45) is 0 Å². The molecule has 19 heavy (non-hydrogen) atoms. The molecule has 0 saturated heterocycles. The lowest BCUT2D eigenvalue weighted by atomic mass is 10.2. The molecular formula is C10H8F2N4O3. The molecule has 0 amide bonds. The van der Waals surface area contributed by atoms with E-state index < -0.39 is 27.9 Å². The highest BCUT2D eigenvalue weighted by molar-refractivity contribution is 5.51. The third-order valence-electron chi connectivity index (χ3n) is 2.29. The molecule has 9 heteroatoms. The molecule has 1 N–H and O–H groups in total. The van der Waals surface area contributed by atoms with E-state index in [9.17, 15) is 18.9 Å². The smallest absolute Gasteiger partial charge is 0.275 e. The van der Waals surface area contributed by atoms with Crippen LogP contribution in [-0.2, 0) is 6.42 Å². The van der Waals surface area contributed by atoms with Crippen LogP contribution in [0.1, 0.15) is 5.89 Å². The van der Waals surface area contributed by atoms with Gasteiger partial charge >= 0.3 is 0 Å². The Kier molecular flexibility index (Phi) is 3.64. The maximum Gasteiger partial charge on any atom is 0.275 e. The van der Waals surface area contributed by atoms with E-state index in [1.807, 2.05) is 0 Å². The van der Waals surface area contributed by atoms with Gasteiger partial charge in [0.05, 0.1) is 17.1 Å². The average Bonchev–Trinajstić information content (AvgIpc) is 2.85. The van der Waals surface area contributed by atoms with Crippen molar-refractivity contribution in [3.63, 3.8) is 0 Å². The first kappa shape index (κ1) is 12.9. The predicted molar refractivity (Wildman–Crippen MR) is 59.5 cm³/mol. The Labute approximate surface area is 105 Å². The molecule has 0 aliphatic rings. The predicted octanol–water partition coefficient (Wildman–Crippen LogP) is 1.91. The van der Waals surface area contributed by atoms with Crippen LogP contribution in [0.3, 0.4) is 0 Å². The second-order valence-corrected chi connectivity index (χ2v) is 3.55. The highest BCUT2D eigenvalue weighted by Crippen LogP contribution is 2.24. The van der Waals surface area contributed by atoms with Crippen molar-refractivity contribution in [1.29, 1.82) is 0 Å². The van der Waals surface area contributed by atoms with Crippen LogP contribution < -0.4 is 5.32 Å². The zero-order chi connectivity index (χ0) is 13.8. The minimum atomic E-state index is -1.03. The van der Waals surface area contributed by atoms with E-state index in [0.29, 0.717) is 18.0 Å². The number of nitrogens with one attached hydrogen (secondary N) is 1. The fourth-order valence-electron chi connectivity index (χ4n) is 1.43. The van der Waals surface area contributed by atoms with Gasteiger partial charge in [0, 0.05) is 13.0 Å². The molecule has 0 aliphatic carbocycles. The summed E-state index contributed by atoms with van der Waals surface area (Å²) in [6.45, 7) is 0.147. The van der Waals surface area contributed by atoms with Gasteiger partial charge in [-0.05, 0) is 0 Å². The van der Waals surface area contributed by atoms with E-state index in [1.54, 1.807) is 0 Å². The van der Waals surface area contributed by atoms with Crippen molar-refractivity contribution in [3.05, 3.63) is 46.1 Å². The number of aromatic nitrogens is 2. The van der Waals surface area contributed by atoms with Gasteiger partial charge in [-0.2, -0.15) is 4.98 Å². The third-order valence-corrected chi connectivity index (χ3v) is 2.29. The number of nitrogens with zero attached hydrogens (tertiary/aromatic N) is 3. The number of halogens is 2. The fraction of sp³-hybridized carbons (Fsp3) is 0.200. The Balaban J connectivity index is 2.06. The topological polar surface area (TPSA) is 94.1 Å². The van der Waals surface area contributed by atoms with E-state index in [0.717, 1.165) is 0 Å². The Bertz CT molecular complexity index is 565. The summed E-state index contributed by atoms with van der Waals surface area (Å²) in [6, 6.07) is 1.30. The normalized spacial score (nSPS) is 10.4. The molecule has 0 atom stereocenters. The van der Waals surface area contributed by atoms with E-state index in [1.165, 1.54) is 6.33 Å². The lowest BCUT2D eigenvalue weighted by molar-refractivity contribution is -0.385. The van der Waals surface area contributed by atoms with E-state index in [-0.39, 0.29) is 13.0 Å². The largest absolute Gasteiger partial charge is 0.380 e. The summed E-state index contributed by atoms with van der Waals surface area (Å²) in [5, 5.41) is 16.3. The molecule has 1 heterocycles. The molecule has 0 radical (unpaired) electrons. The first-order valence-corrected chi connectivity index (χ1v) is 5.21.